The third-order valence-corrected chi connectivity index (χ3v) is 11.2. The number of carbonyl (C=O) groups is 4. The SMILES string of the molecule is CC(=O)OC1C2C(O)C(O)C3(CO)C(O)C(O)C4OC(=O)C(C)(OC(=O)c5ccccc5)CCc5ncccc5C(=O)OCC2(C)OC13C4(C)O. The van der Waals surface area contributed by atoms with E-state index in [2.05, 4.69) is 4.98 Å². The van der Waals surface area contributed by atoms with Crippen LogP contribution in [0.5, 0.6) is 0 Å². The fraction of sp³-hybridized carbons (Fsp3) is 0.571. The minimum atomic E-state index is -2.79. The summed E-state index contributed by atoms with van der Waals surface area (Å²) in [4.78, 5) is 58.3. The van der Waals surface area contributed by atoms with Crippen LogP contribution in [0.25, 0.3) is 0 Å². The van der Waals surface area contributed by atoms with Gasteiger partial charge in [0.1, 0.15) is 30.0 Å². The molecule has 4 aliphatic rings. The van der Waals surface area contributed by atoms with Gasteiger partial charge in [-0.05, 0) is 51.5 Å². The lowest BCUT2D eigenvalue weighted by Gasteiger charge is -2.66. The van der Waals surface area contributed by atoms with E-state index >= 15 is 0 Å². The Morgan fingerprint density at radius 3 is 2.29 bits per heavy atom. The number of hydrogen-bond acceptors (Lipinski definition) is 16. The number of aryl methyl sites for hydroxylation is 1. The van der Waals surface area contributed by atoms with Crippen molar-refractivity contribution in [3.63, 3.8) is 0 Å². The van der Waals surface area contributed by atoms with Crippen LogP contribution < -0.4 is 0 Å². The number of hydrogen-bond donors (Lipinski definition) is 6. The minimum Gasteiger partial charge on any atom is -0.459 e. The standard InChI is InChI=1S/C35H41NO15/c1-17(38)48-26-21-22(39)24(41)34(15-37)25(42)23(40)27-33(4,46)35(26,34)51-32(21,3)16-47-29(44)19-11-8-14-36-20(19)12-13-31(2,30(45)49-27)50-28(43)18-9-6-5-7-10-18/h5-11,14,21-27,37,39-42,46H,12-13,15-16H2,1-4H3. The number of rotatable bonds is 4. The van der Waals surface area contributed by atoms with E-state index in [0.29, 0.717) is 0 Å². The van der Waals surface area contributed by atoms with Crippen LogP contribution in [0.4, 0.5) is 0 Å². The van der Waals surface area contributed by atoms with Crippen LogP contribution in [0.1, 0.15) is 60.5 Å². The van der Waals surface area contributed by atoms with Gasteiger partial charge in [0, 0.05) is 19.5 Å². The molecule has 4 bridgehead atoms. The Bertz CT molecular complexity index is 1720. The Hall–Kier alpha value is -4.03. The van der Waals surface area contributed by atoms with E-state index in [-0.39, 0.29) is 29.7 Å². The summed E-state index contributed by atoms with van der Waals surface area (Å²) in [5.74, 6) is -5.67. The van der Waals surface area contributed by atoms with Crippen molar-refractivity contribution in [2.24, 2.45) is 11.3 Å². The number of benzene rings is 1. The molecule has 3 heterocycles. The third kappa shape index (κ3) is 5.18. The van der Waals surface area contributed by atoms with Crippen LogP contribution in [0.15, 0.2) is 48.7 Å². The lowest BCUT2D eigenvalue weighted by molar-refractivity contribution is -0.386. The van der Waals surface area contributed by atoms with Crippen LogP contribution in [-0.4, -0.2) is 132 Å². The second kappa shape index (κ2) is 12.6. The number of esters is 4. The molecule has 2 aromatic rings. The fourth-order valence-corrected chi connectivity index (χ4v) is 8.65. The summed E-state index contributed by atoms with van der Waals surface area (Å²) in [7, 11) is 0. The monoisotopic (exact) mass is 715 g/mol. The summed E-state index contributed by atoms with van der Waals surface area (Å²) in [5.41, 5.74) is -12.1. The molecule has 51 heavy (non-hydrogen) atoms. The molecule has 3 fully saturated rings. The molecule has 1 spiro atoms. The average molecular weight is 716 g/mol. The first kappa shape index (κ1) is 36.8. The average Bonchev–Trinajstić information content (AvgIpc) is 3.32. The minimum absolute atomic E-state index is 0.0429. The summed E-state index contributed by atoms with van der Waals surface area (Å²) in [6, 6.07) is 10.6. The zero-order valence-electron chi connectivity index (χ0n) is 28.3. The molecule has 1 aromatic carbocycles. The number of nitrogens with zero attached hydrogens (tertiary/aromatic N) is 1. The van der Waals surface area contributed by atoms with Gasteiger partial charge in [-0.25, -0.2) is 14.4 Å². The smallest absolute Gasteiger partial charge is 0.350 e. The predicted octanol–water partition coefficient (Wildman–Crippen LogP) is -1.01. The molecular weight excluding hydrogens is 674 g/mol. The molecule has 6 N–H and O–H groups in total. The van der Waals surface area contributed by atoms with Crippen molar-refractivity contribution in [1.29, 1.82) is 0 Å². The second-order valence-electron chi connectivity index (χ2n) is 14.3. The molecule has 1 aromatic heterocycles. The molecule has 16 nitrogen and oxygen atoms in total. The summed E-state index contributed by atoms with van der Waals surface area (Å²) in [6.07, 6.45) is -11.9. The maximum absolute atomic E-state index is 14.3. The zero-order valence-corrected chi connectivity index (χ0v) is 28.3. The highest BCUT2D eigenvalue weighted by Crippen LogP contribution is 2.68. The summed E-state index contributed by atoms with van der Waals surface area (Å²) >= 11 is 0. The Labute approximate surface area is 291 Å². The Kier molecular flexibility index (Phi) is 9.06. The number of pyridine rings is 1. The third-order valence-electron chi connectivity index (χ3n) is 11.2. The first-order valence-corrected chi connectivity index (χ1v) is 16.5. The van der Waals surface area contributed by atoms with Gasteiger partial charge in [0.2, 0.25) is 5.60 Å². The number of fused-ring (bicyclic) bond motifs is 5. The van der Waals surface area contributed by atoms with Crippen LogP contribution in [0, 0.1) is 11.3 Å². The summed E-state index contributed by atoms with van der Waals surface area (Å²) in [6.45, 7) is 2.62. The lowest BCUT2D eigenvalue weighted by Crippen LogP contribution is -2.88. The Balaban J connectivity index is 1.57. The predicted molar refractivity (Wildman–Crippen MR) is 168 cm³/mol. The molecule has 16 heteroatoms. The van der Waals surface area contributed by atoms with E-state index in [0.717, 1.165) is 13.8 Å². The molecular formula is C35H41NO15. The van der Waals surface area contributed by atoms with E-state index in [1.165, 1.54) is 44.3 Å². The number of aromatic nitrogens is 1. The van der Waals surface area contributed by atoms with Gasteiger partial charge in [-0.3, -0.25) is 9.78 Å². The first-order chi connectivity index (χ1) is 23.9. The highest BCUT2D eigenvalue weighted by Gasteiger charge is 2.88. The van der Waals surface area contributed by atoms with Crippen molar-refractivity contribution in [3.8, 4) is 0 Å². The molecule has 2 aliphatic heterocycles. The summed E-state index contributed by atoms with van der Waals surface area (Å²) in [5, 5.41) is 70.5. The quantitative estimate of drug-likeness (QED) is 0.164. The van der Waals surface area contributed by atoms with Crippen molar-refractivity contribution in [3.05, 3.63) is 65.5 Å². The first-order valence-electron chi connectivity index (χ1n) is 16.5. The van der Waals surface area contributed by atoms with Gasteiger partial charge in [-0.2, -0.15) is 0 Å². The lowest BCUT2D eigenvalue weighted by atomic mass is 9.45. The van der Waals surface area contributed by atoms with Gasteiger partial charge in [0.05, 0.1) is 53.1 Å². The van der Waals surface area contributed by atoms with E-state index < -0.39 is 107 Å². The topological polar surface area (TPSA) is 249 Å². The number of cyclic esters (lactones) is 1. The number of aliphatic hydroxyl groups excluding tert-OH is 5. The Morgan fingerprint density at radius 2 is 1.65 bits per heavy atom. The molecule has 12 atom stereocenters. The van der Waals surface area contributed by atoms with Crippen molar-refractivity contribution in [2.45, 2.75) is 99.6 Å². The maximum atomic E-state index is 14.3. The van der Waals surface area contributed by atoms with Gasteiger partial charge in [-0.15, -0.1) is 0 Å². The van der Waals surface area contributed by atoms with Crippen molar-refractivity contribution in [1.82, 2.24) is 4.98 Å². The van der Waals surface area contributed by atoms with Crippen LogP contribution in [0.3, 0.4) is 0 Å². The molecule has 1 saturated heterocycles. The maximum Gasteiger partial charge on any atom is 0.350 e. The van der Waals surface area contributed by atoms with E-state index in [1.807, 2.05) is 0 Å². The highest BCUT2D eigenvalue weighted by atomic mass is 16.6. The zero-order chi connectivity index (χ0) is 37.3. The molecule has 6 rings (SSSR count). The van der Waals surface area contributed by atoms with Crippen LogP contribution in [0.2, 0.25) is 0 Å². The van der Waals surface area contributed by atoms with Crippen molar-refractivity contribution in [2.75, 3.05) is 13.2 Å². The molecule has 2 saturated carbocycles. The summed E-state index contributed by atoms with van der Waals surface area (Å²) < 4.78 is 29.5. The van der Waals surface area contributed by atoms with Crippen LogP contribution >= 0.6 is 0 Å². The largest absolute Gasteiger partial charge is 0.459 e. The van der Waals surface area contributed by atoms with Crippen LogP contribution in [-0.2, 0) is 39.7 Å². The molecule has 0 amide bonds. The highest BCUT2D eigenvalue weighted by molar-refractivity contribution is 5.93. The normalized spacial score (nSPS) is 42.0. The second-order valence-corrected chi connectivity index (χ2v) is 14.3. The van der Waals surface area contributed by atoms with Crippen molar-refractivity contribution >= 4 is 23.9 Å². The van der Waals surface area contributed by atoms with E-state index in [4.69, 9.17) is 23.7 Å². The molecule has 276 valence electrons. The van der Waals surface area contributed by atoms with Gasteiger partial charge in [0.15, 0.2) is 11.7 Å². The number of ether oxygens (including phenoxy) is 5. The van der Waals surface area contributed by atoms with Gasteiger partial charge < -0.3 is 54.3 Å². The van der Waals surface area contributed by atoms with E-state index in [9.17, 15) is 49.8 Å². The van der Waals surface area contributed by atoms with Gasteiger partial charge in [0.25, 0.3) is 0 Å². The van der Waals surface area contributed by atoms with Gasteiger partial charge >= 0.3 is 23.9 Å². The Morgan fingerprint density at radius 1 is 0.980 bits per heavy atom. The molecule has 2 aliphatic carbocycles. The number of aliphatic hydroxyl groups is 6. The fourth-order valence-electron chi connectivity index (χ4n) is 8.65. The number of carbonyl (C=O) groups excluding carboxylic acids is 4. The molecule has 0 radical (unpaired) electrons. The van der Waals surface area contributed by atoms with E-state index in [1.54, 1.807) is 18.2 Å². The van der Waals surface area contributed by atoms with Crippen molar-refractivity contribution < 1.29 is 73.5 Å². The molecule has 12 unspecified atom stereocenters. The van der Waals surface area contributed by atoms with Gasteiger partial charge in [-0.1, -0.05) is 18.2 Å².